The molecule has 1 aromatic heterocycles. The highest BCUT2D eigenvalue weighted by Crippen LogP contribution is 2.27. The number of fused-ring (bicyclic) bond motifs is 1. The van der Waals surface area contributed by atoms with Crippen molar-refractivity contribution in [2.75, 3.05) is 37.8 Å². The van der Waals surface area contributed by atoms with Crippen LogP contribution in [0.1, 0.15) is 6.42 Å². The molecule has 1 heterocycles. The van der Waals surface area contributed by atoms with Crippen LogP contribution in [0.3, 0.4) is 0 Å². The molecular weight excluding hydrogens is 224 g/mol. The highest BCUT2D eigenvalue weighted by atomic mass is 15.1. The molecule has 0 unspecified atom stereocenters. The minimum Gasteiger partial charge on any atom is -0.397 e. The summed E-state index contributed by atoms with van der Waals surface area (Å²) in [6, 6.07) is 7.98. The Balaban J connectivity index is 2.30. The molecule has 4 heteroatoms. The Morgan fingerprint density at radius 3 is 2.94 bits per heavy atom. The summed E-state index contributed by atoms with van der Waals surface area (Å²) >= 11 is 0. The number of hydrogen-bond acceptors (Lipinski definition) is 4. The summed E-state index contributed by atoms with van der Waals surface area (Å²) in [6.45, 7) is 2.03. The molecule has 0 radical (unpaired) electrons. The fourth-order valence-electron chi connectivity index (χ4n) is 2.13. The van der Waals surface area contributed by atoms with E-state index in [0.717, 1.165) is 36.1 Å². The van der Waals surface area contributed by atoms with Gasteiger partial charge in [0.25, 0.3) is 0 Å². The van der Waals surface area contributed by atoms with Gasteiger partial charge in [-0.15, -0.1) is 0 Å². The average Bonchev–Trinajstić information content (AvgIpc) is 2.39. The van der Waals surface area contributed by atoms with Crippen LogP contribution >= 0.6 is 0 Å². The van der Waals surface area contributed by atoms with Crippen molar-refractivity contribution in [2.45, 2.75) is 6.42 Å². The average molecular weight is 244 g/mol. The number of nitrogens with zero attached hydrogens (tertiary/aromatic N) is 2. The van der Waals surface area contributed by atoms with Gasteiger partial charge in [0.05, 0.1) is 11.2 Å². The zero-order valence-corrected chi connectivity index (χ0v) is 11.0. The van der Waals surface area contributed by atoms with E-state index in [1.54, 1.807) is 0 Å². The first-order valence-corrected chi connectivity index (χ1v) is 6.23. The maximum Gasteiger partial charge on any atom is 0.0951 e. The molecule has 3 N–H and O–H groups in total. The van der Waals surface area contributed by atoms with Crippen molar-refractivity contribution in [3.05, 3.63) is 30.5 Å². The Hall–Kier alpha value is -1.81. The predicted molar refractivity (Wildman–Crippen MR) is 78.0 cm³/mol. The summed E-state index contributed by atoms with van der Waals surface area (Å²) in [6.07, 6.45) is 2.93. The fourth-order valence-corrected chi connectivity index (χ4v) is 2.13. The Morgan fingerprint density at radius 1 is 1.33 bits per heavy atom. The molecular formula is C14H20N4. The SMILES string of the molecule is CNCCCN(C)c1ccnc2c(N)cccc12. The third kappa shape index (κ3) is 2.54. The Labute approximate surface area is 108 Å². The van der Waals surface area contributed by atoms with Gasteiger partial charge in [0, 0.05) is 30.9 Å². The molecule has 0 aliphatic heterocycles. The predicted octanol–water partition coefficient (Wildman–Crippen LogP) is 1.86. The van der Waals surface area contributed by atoms with Crippen LogP contribution in [0.2, 0.25) is 0 Å². The van der Waals surface area contributed by atoms with Gasteiger partial charge >= 0.3 is 0 Å². The van der Waals surface area contributed by atoms with E-state index in [-0.39, 0.29) is 0 Å². The van der Waals surface area contributed by atoms with Gasteiger partial charge in [-0.1, -0.05) is 12.1 Å². The number of hydrogen-bond donors (Lipinski definition) is 2. The maximum atomic E-state index is 5.96. The molecule has 0 amide bonds. The molecule has 0 fully saturated rings. The molecule has 2 aromatic rings. The van der Waals surface area contributed by atoms with Crippen molar-refractivity contribution in [3.63, 3.8) is 0 Å². The van der Waals surface area contributed by atoms with Gasteiger partial charge in [-0.05, 0) is 32.1 Å². The number of pyridine rings is 1. The summed E-state index contributed by atoms with van der Waals surface area (Å²) in [5, 5.41) is 4.28. The number of nitrogens with one attached hydrogen (secondary N) is 1. The Bertz CT molecular complexity index is 524. The van der Waals surface area contributed by atoms with E-state index in [2.05, 4.69) is 28.3 Å². The van der Waals surface area contributed by atoms with E-state index >= 15 is 0 Å². The molecule has 0 saturated heterocycles. The van der Waals surface area contributed by atoms with E-state index in [4.69, 9.17) is 5.73 Å². The summed E-state index contributed by atoms with van der Waals surface area (Å²) in [4.78, 5) is 6.61. The van der Waals surface area contributed by atoms with Crippen LogP contribution in [-0.4, -0.2) is 32.2 Å². The maximum absolute atomic E-state index is 5.96. The third-order valence-electron chi connectivity index (χ3n) is 3.11. The number of benzene rings is 1. The number of anilines is 2. The van der Waals surface area contributed by atoms with Crippen LogP contribution in [0.25, 0.3) is 10.9 Å². The van der Waals surface area contributed by atoms with Crippen molar-refractivity contribution in [2.24, 2.45) is 0 Å². The highest BCUT2D eigenvalue weighted by molar-refractivity contribution is 5.97. The van der Waals surface area contributed by atoms with Crippen molar-refractivity contribution < 1.29 is 0 Å². The number of nitrogen functional groups attached to an aromatic ring is 1. The standard InChI is InChI=1S/C14H20N4/c1-16-8-4-10-18(2)13-7-9-17-14-11(13)5-3-6-12(14)15/h3,5-7,9,16H,4,8,10,15H2,1-2H3. The summed E-state index contributed by atoms with van der Waals surface area (Å²) in [7, 11) is 4.08. The van der Waals surface area contributed by atoms with Crippen LogP contribution < -0.4 is 16.0 Å². The normalized spacial score (nSPS) is 10.8. The van der Waals surface area contributed by atoms with Crippen LogP contribution in [0, 0.1) is 0 Å². The first-order chi connectivity index (χ1) is 8.74. The van der Waals surface area contributed by atoms with Crippen LogP contribution in [0.4, 0.5) is 11.4 Å². The van der Waals surface area contributed by atoms with Gasteiger partial charge < -0.3 is 16.0 Å². The van der Waals surface area contributed by atoms with Crippen molar-refractivity contribution >= 4 is 22.3 Å². The monoisotopic (exact) mass is 244 g/mol. The lowest BCUT2D eigenvalue weighted by Gasteiger charge is -2.21. The van der Waals surface area contributed by atoms with Gasteiger partial charge in [-0.3, -0.25) is 4.98 Å². The molecule has 0 aliphatic rings. The zero-order valence-electron chi connectivity index (χ0n) is 11.0. The first kappa shape index (κ1) is 12.6. The Morgan fingerprint density at radius 2 is 2.17 bits per heavy atom. The molecule has 0 atom stereocenters. The molecule has 0 spiro atoms. The molecule has 2 rings (SSSR count). The van der Waals surface area contributed by atoms with Crippen LogP contribution in [0.15, 0.2) is 30.5 Å². The van der Waals surface area contributed by atoms with E-state index in [0.29, 0.717) is 0 Å². The van der Waals surface area contributed by atoms with Crippen LogP contribution in [-0.2, 0) is 0 Å². The molecule has 1 aromatic carbocycles. The summed E-state index contributed by atoms with van der Waals surface area (Å²) < 4.78 is 0. The van der Waals surface area contributed by atoms with Gasteiger partial charge in [-0.25, -0.2) is 0 Å². The lowest BCUT2D eigenvalue weighted by molar-refractivity contribution is 0.713. The van der Waals surface area contributed by atoms with Gasteiger partial charge in [0.1, 0.15) is 0 Å². The van der Waals surface area contributed by atoms with E-state index in [1.807, 2.05) is 31.4 Å². The second-order valence-electron chi connectivity index (χ2n) is 4.45. The zero-order chi connectivity index (χ0) is 13.0. The quantitative estimate of drug-likeness (QED) is 0.622. The third-order valence-corrected chi connectivity index (χ3v) is 3.11. The minimum atomic E-state index is 0.734. The number of rotatable bonds is 5. The van der Waals surface area contributed by atoms with Gasteiger partial charge in [0.2, 0.25) is 0 Å². The molecule has 0 saturated carbocycles. The van der Waals surface area contributed by atoms with E-state index < -0.39 is 0 Å². The summed E-state index contributed by atoms with van der Waals surface area (Å²) in [5.74, 6) is 0. The minimum absolute atomic E-state index is 0.734. The number of aromatic nitrogens is 1. The first-order valence-electron chi connectivity index (χ1n) is 6.23. The molecule has 18 heavy (non-hydrogen) atoms. The molecule has 4 nitrogen and oxygen atoms in total. The molecule has 0 bridgehead atoms. The smallest absolute Gasteiger partial charge is 0.0951 e. The topological polar surface area (TPSA) is 54.2 Å². The second kappa shape index (κ2) is 5.69. The molecule has 0 aliphatic carbocycles. The number of nitrogens with two attached hydrogens (primary N) is 1. The van der Waals surface area contributed by atoms with Gasteiger partial charge in [-0.2, -0.15) is 0 Å². The largest absolute Gasteiger partial charge is 0.397 e. The highest BCUT2D eigenvalue weighted by Gasteiger charge is 2.07. The lowest BCUT2D eigenvalue weighted by atomic mass is 10.1. The van der Waals surface area contributed by atoms with Crippen molar-refractivity contribution in [1.82, 2.24) is 10.3 Å². The second-order valence-corrected chi connectivity index (χ2v) is 4.45. The van der Waals surface area contributed by atoms with E-state index in [1.165, 1.54) is 5.69 Å². The Kier molecular flexibility index (Phi) is 3.99. The van der Waals surface area contributed by atoms with Crippen LogP contribution in [0.5, 0.6) is 0 Å². The number of para-hydroxylation sites is 1. The van der Waals surface area contributed by atoms with Crippen molar-refractivity contribution in [1.29, 1.82) is 0 Å². The van der Waals surface area contributed by atoms with E-state index in [9.17, 15) is 0 Å². The fraction of sp³-hybridized carbons (Fsp3) is 0.357. The van der Waals surface area contributed by atoms with Crippen molar-refractivity contribution in [3.8, 4) is 0 Å². The summed E-state index contributed by atoms with van der Waals surface area (Å²) in [5.41, 5.74) is 8.76. The lowest BCUT2D eigenvalue weighted by Crippen LogP contribution is -2.22. The molecule has 96 valence electrons. The van der Waals surface area contributed by atoms with Gasteiger partial charge in [0.15, 0.2) is 0 Å².